The molecule has 0 radical (unpaired) electrons. The van der Waals surface area contributed by atoms with Crippen LogP contribution in [0.1, 0.15) is 15.9 Å². The van der Waals surface area contributed by atoms with Crippen molar-refractivity contribution in [1.29, 1.82) is 0 Å². The number of amides is 1. The molecule has 0 saturated carbocycles. The molecule has 0 saturated heterocycles. The first-order valence-corrected chi connectivity index (χ1v) is 7.87. The molecule has 3 aromatic rings. The van der Waals surface area contributed by atoms with E-state index in [1.807, 2.05) is 36.4 Å². The molecule has 0 spiro atoms. The predicted octanol–water partition coefficient (Wildman–Crippen LogP) is 2.97. The molecule has 5 nitrogen and oxygen atoms in total. The number of rotatable bonds is 2. The van der Waals surface area contributed by atoms with Gasteiger partial charge >= 0.3 is 4.87 Å². The zero-order valence-corrected chi connectivity index (χ0v) is 12.8. The van der Waals surface area contributed by atoms with Crippen molar-refractivity contribution in [2.75, 3.05) is 4.90 Å². The monoisotopic (exact) mass is 324 g/mol. The van der Waals surface area contributed by atoms with Gasteiger partial charge < -0.3 is 10.0 Å². The van der Waals surface area contributed by atoms with Crippen molar-refractivity contribution in [3.8, 4) is 16.3 Å². The molecular formula is C17H12N2O3S. The van der Waals surface area contributed by atoms with E-state index in [1.165, 1.54) is 0 Å². The van der Waals surface area contributed by atoms with Crippen LogP contribution < -0.4 is 9.77 Å². The van der Waals surface area contributed by atoms with Gasteiger partial charge in [0.1, 0.15) is 0 Å². The number of aromatic amines is 1. The molecule has 1 aromatic heterocycles. The highest BCUT2D eigenvalue weighted by molar-refractivity contribution is 7.13. The molecule has 1 amide bonds. The Morgan fingerprint density at radius 1 is 1.04 bits per heavy atom. The summed E-state index contributed by atoms with van der Waals surface area (Å²) in [5, 5.41) is 9.72. The summed E-state index contributed by atoms with van der Waals surface area (Å²) >= 11 is 0.954. The minimum Gasteiger partial charge on any atom is -0.493 e. The average Bonchev–Trinajstić information content (AvgIpc) is 3.08. The van der Waals surface area contributed by atoms with Crippen LogP contribution in [0.15, 0.2) is 53.3 Å². The number of H-pyrrole nitrogens is 1. The quantitative estimate of drug-likeness (QED) is 0.761. The van der Waals surface area contributed by atoms with E-state index in [4.69, 9.17) is 0 Å². The number of hydrogen-bond acceptors (Lipinski definition) is 4. The molecule has 2 aromatic carbocycles. The summed E-state index contributed by atoms with van der Waals surface area (Å²) in [4.78, 5) is 28.0. The molecule has 0 bridgehead atoms. The van der Waals surface area contributed by atoms with Crippen LogP contribution in [0.2, 0.25) is 0 Å². The van der Waals surface area contributed by atoms with Crippen molar-refractivity contribution < 1.29 is 9.90 Å². The summed E-state index contributed by atoms with van der Waals surface area (Å²) in [6, 6.07) is 14.8. The maximum atomic E-state index is 12.5. The fourth-order valence-corrected chi connectivity index (χ4v) is 3.51. The summed E-state index contributed by atoms with van der Waals surface area (Å²) < 4.78 is 0. The number of carbonyl (C=O) groups is 1. The van der Waals surface area contributed by atoms with Gasteiger partial charge in [-0.1, -0.05) is 41.7 Å². The van der Waals surface area contributed by atoms with E-state index in [2.05, 4.69) is 4.98 Å². The Bertz CT molecular complexity index is 956. The molecule has 1 aliphatic rings. The molecule has 4 rings (SSSR count). The SMILES string of the molecule is O=C1c2ccccc2CN1c1ccc(-c2sc(=O)[nH]c2O)cc1. The number of aromatic nitrogens is 1. The number of thiazole rings is 1. The van der Waals surface area contributed by atoms with Crippen molar-refractivity contribution in [2.45, 2.75) is 6.54 Å². The minimum atomic E-state index is -0.299. The molecule has 2 N–H and O–H groups in total. The van der Waals surface area contributed by atoms with Gasteiger partial charge in [0.25, 0.3) is 5.91 Å². The summed E-state index contributed by atoms with van der Waals surface area (Å²) in [5.74, 6) is -0.139. The van der Waals surface area contributed by atoms with Crippen molar-refractivity contribution in [3.05, 3.63) is 69.3 Å². The number of benzene rings is 2. The highest BCUT2D eigenvalue weighted by Crippen LogP contribution is 2.33. The van der Waals surface area contributed by atoms with E-state index >= 15 is 0 Å². The Balaban J connectivity index is 1.66. The lowest BCUT2D eigenvalue weighted by atomic mass is 10.1. The molecule has 0 unspecified atom stereocenters. The lowest BCUT2D eigenvalue weighted by Crippen LogP contribution is -2.22. The fraction of sp³-hybridized carbons (Fsp3) is 0.0588. The van der Waals surface area contributed by atoms with Gasteiger partial charge in [0.2, 0.25) is 5.88 Å². The standard InChI is InChI=1S/C17H12N2O3S/c20-15-14(23-17(22)18-15)10-5-7-12(8-6-10)19-9-11-3-1-2-4-13(11)16(19)21/h1-8,20H,9H2,(H,18,22). The normalized spacial score (nSPS) is 13.4. The third kappa shape index (κ3) is 2.24. The lowest BCUT2D eigenvalue weighted by Gasteiger charge is -2.16. The van der Waals surface area contributed by atoms with Gasteiger partial charge in [-0.2, -0.15) is 0 Å². The molecule has 0 aliphatic carbocycles. The summed E-state index contributed by atoms with van der Waals surface area (Å²) in [7, 11) is 0. The van der Waals surface area contributed by atoms with E-state index in [0.717, 1.165) is 33.7 Å². The van der Waals surface area contributed by atoms with E-state index in [9.17, 15) is 14.7 Å². The Morgan fingerprint density at radius 2 is 1.78 bits per heavy atom. The molecular weight excluding hydrogens is 312 g/mol. The summed E-state index contributed by atoms with van der Waals surface area (Å²) in [5.41, 5.74) is 3.28. The Hall–Kier alpha value is -2.86. The smallest absolute Gasteiger partial charge is 0.307 e. The van der Waals surface area contributed by atoms with Crippen molar-refractivity contribution in [1.82, 2.24) is 4.98 Å². The van der Waals surface area contributed by atoms with Crippen LogP contribution in [-0.2, 0) is 6.54 Å². The number of fused-ring (bicyclic) bond motifs is 1. The van der Waals surface area contributed by atoms with E-state index in [-0.39, 0.29) is 16.7 Å². The van der Waals surface area contributed by atoms with Gasteiger partial charge in [-0.05, 0) is 29.3 Å². The summed E-state index contributed by atoms with van der Waals surface area (Å²) in [6.45, 7) is 0.553. The Morgan fingerprint density at radius 3 is 2.43 bits per heavy atom. The molecule has 6 heteroatoms. The molecule has 2 heterocycles. The van der Waals surface area contributed by atoms with Crippen LogP contribution in [0.3, 0.4) is 0 Å². The second-order valence-electron chi connectivity index (χ2n) is 5.29. The van der Waals surface area contributed by atoms with Crippen molar-refractivity contribution in [2.24, 2.45) is 0 Å². The van der Waals surface area contributed by atoms with Gasteiger partial charge in [-0.15, -0.1) is 0 Å². The van der Waals surface area contributed by atoms with Crippen LogP contribution in [-0.4, -0.2) is 16.0 Å². The van der Waals surface area contributed by atoms with Gasteiger partial charge in [0.05, 0.1) is 11.4 Å². The number of hydrogen-bond donors (Lipinski definition) is 2. The van der Waals surface area contributed by atoms with Crippen molar-refractivity contribution >= 4 is 22.9 Å². The first-order chi connectivity index (χ1) is 11.1. The number of anilines is 1. The van der Waals surface area contributed by atoms with Gasteiger partial charge in [-0.3, -0.25) is 14.6 Å². The van der Waals surface area contributed by atoms with E-state index in [1.54, 1.807) is 17.0 Å². The van der Waals surface area contributed by atoms with Crippen LogP contribution in [0.25, 0.3) is 10.4 Å². The van der Waals surface area contributed by atoms with Gasteiger partial charge in [0.15, 0.2) is 0 Å². The molecule has 114 valence electrons. The highest BCUT2D eigenvalue weighted by Gasteiger charge is 2.27. The third-order valence-corrected chi connectivity index (χ3v) is 4.81. The molecule has 0 fully saturated rings. The summed E-state index contributed by atoms with van der Waals surface area (Å²) in [6.07, 6.45) is 0. The number of nitrogens with one attached hydrogen (secondary N) is 1. The lowest BCUT2D eigenvalue weighted by molar-refractivity contribution is 0.0996. The number of nitrogens with zero attached hydrogens (tertiary/aromatic N) is 1. The Kier molecular flexibility index (Phi) is 3.06. The van der Waals surface area contributed by atoms with Crippen LogP contribution in [0.4, 0.5) is 5.69 Å². The second kappa shape index (κ2) is 5.10. The molecule has 1 aliphatic heterocycles. The van der Waals surface area contributed by atoms with Crippen LogP contribution >= 0.6 is 11.3 Å². The molecule has 23 heavy (non-hydrogen) atoms. The predicted molar refractivity (Wildman–Crippen MR) is 89.0 cm³/mol. The van der Waals surface area contributed by atoms with E-state index in [0.29, 0.717) is 11.4 Å². The minimum absolute atomic E-state index is 0.0116. The maximum Gasteiger partial charge on any atom is 0.307 e. The topological polar surface area (TPSA) is 73.4 Å². The molecule has 0 atom stereocenters. The number of aromatic hydroxyl groups is 1. The van der Waals surface area contributed by atoms with Gasteiger partial charge in [-0.25, -0.2) is 0 Å². The first kappa shape index (κ1) is 13.8. The number of carbonyl (C=O) groups excluding carboxylic acids is 1. The maximum absolute atomic E-state index is 12.5. The van der Waals surface area contributed by atoms with Crippen molar-refractivity contribution in [3.63, 3.8) is 0 Å². The first-order valence-electron chi connectivity index (χ1n) is 7.06. The third-order valence-electron chi connectivity index (χ3n) is 3.89. The zero-order chi connectivity index (χ0) is 16.0. The largest absolute Gasteiger partial charge is 0.493 e. The average molecular weight is 324 g/mol. The highest BCUT2D eigenvalue weighted by atomic mass is 32.1. The van der Waals surface area contributed by atoms with Crippen LogP contribution in [0.5, 0.6) is 5.88 Å². The Labute approximate surface area is 135 Å². The van der Waals surface area contributed by atoms with Gasteiger partial charge in [0, 0.05) is 11.3 Å². The van der Waals surface area contributed by atoms with Crippen LogP contribution in [0, 0.1) is 0 Å². The zero-order valence-electron chi connectivity index (χ0n) is 11.9. The second-order valence-corrected chi connectivity index (χ2v) is 6.27. The van der Waals surface area contributed by atoms with E-state index < -0.39 is 0 Å². The fourth-order valence-electron chi connectivity index (χ4n) is 2.77.